The lowest BCUT2D eigenvalue weighted by atomic mass is 9.70. The molecule has 14 rings (SSSR count). The van der Waals surface area contributed by atoms with Gasteiger partial charge in [-0.3, -0.25) is 0 Å². The Bertz CT molecular complexity index is 3730. The fraction of sp³-hybridized carbons (Fsp3) is 0.0469. The number of hydrogen-bond acceptors (Lipinski definition) is 1. The van der Waals surface area contributed by atoms with Gasteiger partial charge in [0.15, 0.2) is 0 Å². The van der Waals surface area contributed by atoms with Crippen molar-refractivity contribution in [3.63, 3.8) is 0 Å². The number of pyridine rings is 1. The molecule has 10 aromatic carbocycles. The first-order valence-corrected chi connectivity index (χ1v) is 22.9. The molecule has 0 saturated carbocycles. The number of aromatic nitrogens is 1. The molecule has 1 heterocycles. The SMILES string of the molecule is c1ccc2c(c1)Cc1ccccc1-c1ccc(-c3ccc(-c4nc5ccccc5c5ccc6c(c45)-c4ccccc4C64c5ccccc5-c5ccccc54)cc3)cc1Cc1ccccc1-2. The summed E-state index contributed by atoms with van der Waals surface area (Å²) in [6.45, 7) is 0. The minimum absolute atomic E-state index is 0.424. The topological polar surface area (TPSA) is 12.9 Å². The fourth-order valence-electron chi connectivity index (χ4n) is 12.1. The average molecular weight is 824 g/mol. The summed E-state index contributed by atoms with van der Waals surface area (Å²) >= 11 is 0. The van der Waals surface area contributed by atoms with E-state index in [1.807, 2.05) is 0 Å². The van der Waals surface area contributed by atoms with Crippen molar-refractivity contribution < 1.29 is 0 Å². The van der Waals surface area contributed by atoms with Gasteiger partial charge in [-0.2, -0.15) is 0 Å². The summed E-state index contributed by atoms with van der Waals surface area (Å²) < 4.78 is 0. The molecule has 0 bridgehead atoms. The maximum Gasteiger partial charge on any atom is 0.0794 e. The number of para-hydroxylation sites is 1. The number of nitrogens with zero attached hydrogens (tertiary/aromatic N) is 1. The van der Waals surface area contributed by atoms with E-state index in [-0.39, 0.29) is 0 Å². The number of benzene rings is 10. The van der Waals surface area contributed by atoms with E-state index in [0.29, 0.717) is 0 Å². The van der Waals surface area contributed by atoms with Crippen molar-refractivity contribution in [1.29, 1.82) is 0 Å². The largest absolute Gasteiger partial charge is 0.247 e. The van der Waals surface area contributed by atoms with Gasteiger partial charge in [0.1, 0.15) is 0 Å². The molecule has 3 aliphatic carbocycles. The maximum absolute atomic E-state index is 5.58. The van der Waals surface area contributed by atoms with Crippen LogP contribution in [-0.2, 0) is 18.3 Å². The lowest BCUT2D eigenvalue weighted by molar-refractivity contribution is 0.794. The smallest absolute Gasteiger partial charge is 0.0794 e. The first-order chi connectivity index (χ1) is 32.2. The van der Waals surface area contributed by atoms with Crippen molar-refractivity contribution in [2.75, 3.05) is 0 Å². The molecule has 1 spiro atoms. The van der Waals surface area contributed by atoms with Crippen molar-refractivity contribution in [2.24, 2.45) is 0 Å². The Labute approximate surface area is 379 Å². The molecule has 0 amide bonds. The molecule has 302 valence electrons. The Hall–Kier alpha value is -8.13. The molecule has 1 nitrogen and oxygen atoms in total. The van der Waals surface area contributed by atoms with Crippen LogP contribution in [0.3, 0.4) is 0 Å². The van der Waals surface area contributed by atoms with Crippen molar-refractivity contribution in [3.05, 3.63) is 269 Å². The molecule has 0 aliphatic heterocycles. The zero-order valence-corrected chi connectivity index (χ0v) is 35.7. The predicted octanol–water partition coefficient (Wildman–Crippen LogP) is 15.9. The van der Waals surface area contributed by atoms with E-state index in [9.17, 15) is 0 Å². The molecule has 1 aromatic heterocycles. The Morgan fingerprint density at radius 2 is 0.769 bits per heavy atom. The van der Waals surface area contributed by atoms with Gasteiger partial charge in [0.2, 0.25) is 0 Å². The van der Waals surface area contributed by atoms with E-state index in [1.54, 1.807) is 0 Å². The standard InChI is InChI=1S/C64H41N/c1-4-18-47-43(15-1)38-44-16-2-6-20-49(44)50-34-33-42(37-46(50)39-45-17-3-5-19-48(45)47)40-29-31-41(32-30-40)63-62-54(53-23-10-14-28-60(53)65-63)35-36-59-61(62)55-24-9-13-27-58(55)64(59)56-25-11-7-21-51(56)52-22-8-12-26-57(52)64/h1-37H,38-39H2. The Morgan fingerprint density at radius 1 is 0.308 bits per heavy atom. The summed E-state index contributed by atoms with van der Waals surface area (Å²) in [5, 5.41) is 3.62. The second-order valence-corrected chi connectivity index (χ2v) is 18.0. The molecule has 11 aromatic rings. The van der Waals surface area contributed by atoms with E-state index in [1.165, 1.54) is 116 Å². The fourth-order valence-corrected chi connectivity index (χ4v) is 12.1. The summed E-state index contributed by atoms with van der Waals surface area (Å²) in [6, 6.07) is 83.9. The third kappa shape index (κ3) is 5.18. The highest BCUT2D eigenvalue weighted by Crippen LogP contribution is 2.64. The normalized spacial score (nSPS) is 13.5. The van der Waals surface area contributed by atoms with Gasteiger partial charge in [0.25, 0.3) is 0 Å². The van der Waals surface area contributed by atoms with Gasteiger partial charge in [-0.1, -0.05) is 218 Å². The molecule has 65 heavy (non-hydrogen) atoms. The number of rotatable bonds is 2. The molecule has 3 aliphatic rings. The summed E-state index contributed by atoms with van der Waals surface area (Å²) in [6.07, 6.45) is 1.73. The summed E-state index contributed by atoms with van der Waals surface area (Å²) in [5.74, 6) is 0. The van der Waals surface area contributed by atoms with Gasteiger partial charge in [-0.05, 0) is 124 Å². The van der Waals surface area contributed by atoms with E-state index in [0.717, 1.165) is 29.6 Å². The predicted molar refractivity (Wildman–Crippen MR) is 269 cm³/mol. The van der Waals surface area contributed by atoms with Crippen LogP contribution in [0.5, 0.6) is 0 Å². The zero-order chi connectivity index (χ0) is 42.6. The molecule has 0 atom stereocenters. The Balaban J connectivity index is 0.951. The molecule has 0 radical (unpaired) electrons. The molecular formula is C64H41N. The summed E-state index contributed by atoms with van der Waals surface area (Å²) in [4.78, 5) is 5.58. The minimum Gasteiger partial charge on any atom is -0.247 e. The van der Waals surface area contributed by atoms with E-state index >= 15 is 0 Å². The highest BCUT2D eigenvalue weighted by Gasteiger charge is 2.52. The lowest BCUT2D eigenvalue weighted by Crippen LogP contribution is -2.25. The first kappa shape index (κ1) is 36.4. The number of hydrogen-bond donors (Lipinski definition) is 0. The highest BCUT2D eigenvalue weighted by atomic mass is 14.7. The quantitative estimate of drug-likeness (QED) is 0.158. The van der Waals surface area contributed by atoms with Crippen molar-refractivity contribution in [2.45, 2.75) is 18.3 Å². The van der Waals surface area contributed by atoms with Crippen molar-refractivity contribution >= 4 is 21.7 Å². The van der Waals surface area contributed by atoms with Crippen LogP contribution >= 0.6 is 0 Å². The van der Waals surface area contributed by atoms with Crippen LogP contribution in [0.25, 0.3) is 88.6 Å². The van der Waals surface area contributed by atoms with Crippen molar-refractivity contribution in [1.82, 2.24) is 4.98 Å². The van der Waals surface area contributed by atoms with Gasteiger partial charge >= 0.3 is 0 Å². The van der Waals surface area contributed by atoms with Crippen LogP contribution in [0.2, 0.25) is 0 Å². The van der Waals surface area contributed by atoms with Crippen LogP contribution in [0.4, 0.5) is 0 Å². The lowest BCUT2D eigenvalue weighted by Gasteiger charge is -2.30. The first-order valence-electron chi connectivity index (χ1n) is 22.9. The van der Waals surface area contributed by atoms with Gasteiger partial charge in [0, 0.05) is 16.3 Å². The monoisotopic (exact) mass is 823 g/mol. The van der Waals surface area contributed by atoms with Crippen LogP contribution < -0.4 is 0 Å². The number of fused-ring (bicyclic) bond motifs is 20. The third-order valence-corrected chi connectivity index (χ3v) is 14.8. The second kappa shape index (κ2) is 13.9. The van der Waals surface area contributed by atoms with E-state index < -0.39 is 5.41 Å². The molecule has 0 fully saturated rings. The molecular weight excluding hydrogens is 783 g/mol. The van der Waals surface area contributed by atoms with E-state index in [4.69, 9.17) is 4.98 Å². The summed E-state index contributed by atoms with van der Waals surface area (Å²) in [7, 11) is 0. The van der Waals surface area contributed by atoms with Gasteiger partial charge in [-0.25, -0.2) is 4.98 Å². The van der Waals surface area contributed by atoms with Crippen LogP contribution in [-0.4, -0.2) is 4.98 Å². The van der Waals surface area contributed by atoms with Gasteiger partial charge in [0.05, 0.1) is 16.6 Å². The zero-order valence-electron chi connectivity index (χ0n) is 35.7. The van der Waals surface area contributed by atoms with Crippen LogP contribution in [0, 0.1) is 0 Å². The van der Waals surface area contributed by atoms with Crippen LogP contribution in [0.15, 0.2) is 224 Å². The van der Waals surface area contributed by atoms with Gasteiger partial charge < -0.3 is 0 Å². The highest BCUT2D eigenvalue weighted by molar-refractivity contribution is 6.19. The molecule has 0 N–H and O–H groups in total. The Morgan fingerprint density at radius 3 is 1.40 bits per heavy atom. The molecule has 0 saturated heterocycles. The molecule has 0 unspecified atom stereocenters. The minimum atomic E-state index is -0.424. The second-order valence-electron chi connectivity index (χ2n) is 18.0. The third-order valence-electron chi connectivity index (χ3n) is 14.8. The van der Waals surface area contributed by atoms with Crippen molar-refractivity contribution in [3.8, 4) is 66.9 Å². The maximum atomic E-state index is 5.58. The van der Waals surface area contributed by atoms with E-state index in [2.05, 4.69) is 224 Å². The summed E-state index contributed by atoms with van der Waals surface area (Å²) in [5.41, 5.74) is 26.4. The van der Waals surface area contributed by atoms with Crippen LogP contribution in [0.1, 0.15) is 44.5 Å². The molecule has 1 heteroatoms. The average Bonchev–Trinajstić information content (AvgIpc) is 3.84. The van der Waals surface area contributed by atoms with Gasteiger partial charge in [-0.15, -0.1) is 0 Å². The Kier molecular flexibility index (Phi) is 7.80.